The van der Waals surface area contributed by atoms with Crippen LogP contribution in [0.25, 0.3) is 11.6 Å². The minimum Gasteiger partial charge on any atom is -0.488 e. The maximum atomic E-state index is 13.4. The molecule has 0 amide bonds. The van der Waals surface area contributed by atoms with E-state index in [2.05, 4.69) is 22.0 Å². The summed E-state index contributed by atoms with van der Waals surface area (Å²) in [5, 5.41) is 9.39. The average Bonchev–Trinajstić information content (AvgIpc) is 2.66. The Morgan fingerprint density at radius 2 is 1.85 bits per heavy atom. The Morgan fingerprint density at radius 1 is 1.04 bits per heavy atom. The molecule has 0 aliphatic heterocycles. The Hall–Kier alpha value is -2.90. The van der Waals surface area contributed by atoms with E-state index in [1.165, 1.54) is 12.1 Å². The van der Waals surface area contributed by atoms with Crippen LogP contribution in [0.3, 0.4) is 0 Å². The lowest BCUT2D eigenvalue weighted by atomic mass is 10.0. The molecule has 2 nitrogen and oxygen atoms in total. The van der Waals surface area contributed by atoms with Crippen molar-refractivity contribution in [3.63, 3.8) is 0 Å². The van der Waals surface area contributed by atoms with Crippen LogP contribution >= 0.6 is 15.9 Å². The molecular weight excluding hydrogens is 393 g/mol. The van der Waals surface area contributed by atoms with E-state index in [-0.39, 0.29) is 5.82 Å². The molecule has 3 rings (SSSR count). The van der Waals surface area contributed by atoms with E-state index in [1.54, 1.807) is 18.2 Å². The van der Waals surface area contributed by atoms with Crippen LogP contribution in [0.2, 0.25) is 0 Å². The Morgan fingerprint density at radius 3 is 2.54 bits per heavy atom. The number of benzene rings is 3. The van der Waals surface area contributed by atoms with Gasteiger partial charge in [-0.3, -0.25) is 0 Å². The van der Waals surface area contributed by atoms with E-state index < -0.39 is 0 Å². The second kappa shape index (κ2) is 8.46. The molecule has 0 fully saturated rings. The van der Waals surface area contributed by atoms with E-state index in [0.717, 1.165) is 21.3 Å². The van der Waals surface area contributed by atoms with E-state index in [1.807, 2.05) is 48.5 Å². The van der Waals surface area contributed by atoms with Crippen molar-refractivity contribution in [3.8, 4) is 11.8 Å². The highest BCUT2D eigenvalue weighted by Crippen LogP contribution is 2.28. The van der Waals surface area contributed by atoms with Gasteiger partial charge in [0.15, 0.2) is 0 Å². The Balaban J connectivity index is 1.79. The smallest absolute Gasteiger partial charge is 0.134 e. The number of hydrogen-bond donors (Lipinski definition) is 0. The van der Waals surface area contributed by atoms with Gasteiger partial charge in [0.25, 0.3) is 0 Å². The Kier molecular flexibility index (Phi) is 5.83. The monoisotopic (exact) mass is 407 g/mol. The minimum atomic E-state index is -0.366. The lowest BCUT2D eigenvalue weighted by molar-refractivity contribution is 0.304. The van der Waals surface area contributed by atoms with Crippen LogP contribution in [0.5, 0.6) is 5.75 Å². The van der Waals surface area contributed by atoms with Crippen molar-refractivity contribution in [1.29, 1.82) is 5.26 Å². The van der Waals surface area contributed by atoms with E-state index >= 15 is 0 Å². The summed E-state index contributed by atoms with van der Waals surface area (Å²) in [5.74, 6) is 0.352. The van der Waals surface area contributed by atoms with Crippen LogP contribution < -0.4 is 4.74 Å². The molecule has 0 heterocycles. The zero-order chi connectivity index (χ0) is 18.4. The van der Waals surface area contributed by atoms with Crippen molar-refractivity contribution in [2.45, 2.75) is 6.61 Å². The van der Waals surface area contributed by atoms with E-state index in [0.29, 0.717) is 17.7 Å². The summed E-state index contributed by atoms with van der Waals surface area (Å²) in [7, 11) is 0. The van der Waals surface area contributed by atoms with Gasteiger partial charge >= 0.3 is 0 Å². The Labute approximate surface area is 160 Å². The topological polar surface area (TPSA) is 33.0 Å². The third-order valence-corrected chi connectivity index (χ3v) is 4.38. The molecule has 4 heteroatoms. The predicted molar refractivity (Wildman–Crippen MR) is 105 cm³/mol. The van der Waals surface area contributed by atoms with Crippen molar-refractivity contribution in [3.05, 3.63) is 99.8 Å². The van der Waals surface area contributed by atoms with Crippen molar-refractivity contribution >= 4 is 27.6 Å². The quantitative estimate of drug-likeness (QED) is 0.370. The fraction of sp³-hybridized carbons (Fsp3) is 0.0455. The molecular formula is C22H15BrFNO. The first-order valence-electron chi connectivity index (χ1n) is 8.00. The predicted octanol–water partition coefficient (Wildman–Crippen LogP) is 6.23. The fourth-order valence-electron chi connectivity index (χ4n) is 2.46. The van der Waals surface area contributed by atoms with Gasteiger partial charge in [-0.05, 0) is 63.0 Å². The summed E-state index contributed by atoms with van der Waals surface area (Å²) in [4.78, 5) is 0. The van der Waals surface area contributed by atoms with Crippen LogP contribution in [0.1, 0.15) is 16.7 Å². The highest BCUT2D eigenvalue weighted by Gasteiger charge is 2.06. The zero-order valence-electron chi connectivity index (χ0n) is 13.8. The number of hydrogen-bond acceptors (Lipinski definition) is 2. The summed E-state index contributed by atoms with van der Waals surface area (Å²) < 4.78 is 20.0. The third-order valence-electron chi connectivity index (χ3n) is 3.76. The van der Waals surface area contributed by atoms with Gasteiger partial charge in [0, 0.05) is 0 Å². The molecule has 0 N–H and O–H groups in total. The molecule has 0 unspecified atom stereocenters. The zero-order valence-corrected chi connectivity index (χ0v) is 15.4. The van der Waals surface area contributed by atoms with Crippen LogP contribution in [-0.2, 0) is 6.61 Å². The first kappa shape index (κ1) is 17.9. The molecule has 0 aliphatic carbocycles. The SMILES string of the molecule is N#C/C(=C/c1ccc(OCc2ccccc2)c(Br)c1)c1cccc(F)c1. The Bertz CT molecular complexity index is 977. The van der Waals surface area contributed by atoms with Crippen LogP contribution in [0, 0.1) is 17.1 Å². The molecule has 0 saturated heterocycles. The van der Waals surface area contributed by atoms with Crippen molar-refractivity contribution in [2.75, 3.05) is 0 Å². The maximum absolute atomic E-state index is 13.4. The summed E-state index contributed by atoms with van der Waals surface area (Å²) in [6.45, 7) is 0.474. The molecule has 128 valence electrons. The highest BCUT2D eigenvalue weighted by atomic mass is 79.9. The number of rotatable bonds is 5. The fourth-order valence-corrected chi connectivity index (χ4v) is 2.97. The molecule has 0 radical (unpaired) electrons. The van der Waals surface area contributed by atoms with Gasteiger partial charge in [-0.25, -0.2) is 4.39 Å². The second-order valence-corrected chi connectivity index (χ2v) is 6.50. The highest BCUT2D eigenvalue weighted by molar-refractivity contribution is 9.10. The second-order valence-electron chi connectivity index (χ2n) is 5.64. The molecule has 0 aromatic heterocycles. The molecule has 0 spiro atoms. The first-order valence-corrected chi connectivity index (χ1v) is 8.79. The van der Waals surface area contributed by atoms with Crippen LogP contribution in [0.15, 0.2) is 77.3 Å². The summed E-state index contributed by atoms with van der Waals surface area (Å²) in [6, 6.07) is 23.6. The normalized spacial score (nSPS) is 11.0. The molecule has 3 aromatic carbocycles. The largest absolute Gasteiger partial charge is 0.488 e. The van der Waals surface area contributed by atoms with E-state index in [9.17, 15) is 9.65 Å². The number of ether oxygens (including phenoxy) is 1. The van der Waals surface area contributed by atoms with Crippen LogP contribution in [0.4, 0.5) is 4.39 Å². The molecule has 26 heavy (non-hydrogen) atoms. The molecule has 0 bridgehead atoms. The number of nitrogens with zero attached hydrogens (tertiary/aromatic N) is 1. The third kappa shape index (κ3) is 4.59. The molecule has 0 aliphatic rings. The van der Waals surface area contributed by atoms with Gasteiger partial charge < -0.3 is 4.74 Å². The maximum Gasteiger partial charge on any atom is 0.134 e. The van der Waals surface area contributed by atoms with Gasteiger partial charge in [0.1, 0.15) is 18.2 Å². The standard InChI is InChI=1S/C22H15BrFNO/c23-21-12-17(11-19(14-25)18-7-4-8-20(24)13-18)9-10-22(21)26-15-16-5-2-1-3-6-16/h1-13H,15H2/b19-11-. The summed E-state index contributed by atoms with van der Waals surface area (Å²) >= 11 is 3.50. The molecule has 3 aromatic rings. The summed E-state index contributed by atoms with van der Waals surface area (Å²) in [5.41, 5.74) is 2.85. The van der Waals surface area contributed by atoms with Gasteiger partial charge in [-0.15, -0.1) is 0 Å². The van der Waals surface area contributed by atoms with Crippen molar-refractivity contribution < 1.29 is 9.13 Å². The van der Waals surface area contributed by atoms with Crippen molar-refractivity contribution in [2.24, 2.45) is 0 Å². The lowest BCUT2D eigenvalue weighted by Gasteiger charge is -2.09. The van der Waals surface area contributed by atoms with Gasteiger partial charge in [-0.2, -0.15) is 5.26 Å². The van der Waals surface area contributed by atoms with Crippen molar-refractivity contribution in [1.82, 2.24) is 0 Å². The van der Waals surface area contributed by atoms with Crippen LogP contribution in [-0.4, -0.2) is 0 Å². The lowest BCUT2D eigenvalue weighted by Crippen LogP contribution is -1.95. The molecule has 0 saturated carbocycles. The van der Waals surface area contributed by atoms with Gasteiger partial charge in [-0.1, -0.05) is 48.5 Å². The summed E-state index contributed by atoms with van der Waals surface area (Å²) in [6.07, 6.45) is 1.72. The number of halogens is 2. The minimum absolute atomic E-state index is 0.366. The molecule has 0 atom stereocenters. The van der Waals surface area contributed by atoms with Gasteiger partial charge in [0.2, 0.25) is 0 Å². The van der Waals surface area contributed by atoms with Gasteiger partial charge in [0.05, 0.1) is 16.1 Å². The number of allylic oxidation sites excluding steroid dienone is 1. The number of nitriles is 1. The first-order chi connectivity index (χ1) is 12.7. The average molecular weight is 408 g/mol. The van der Waals surface area contributed by atoms with E-state index in [4.69, 9.17) is 4.74 Å².